The topological polar surface area (TPSA) is 0 Å². The van der Waals surface area contributed by atoms with Crippen LogP contribution in [0.2, 0.25) is 0 Å². The Morgan fingerprint density at radius 3 is 2.55 bits per heavy atom. The lowest BCUT2D eigenvalue weighted by Gasteiger charge is -2.29. The maximum Gasteiger partial charge on any atom is -0.0224 e. The van der Waals surface area contributed by atoms with Crippen LogP contribution in [0.1, 0.15) is 26.7 Å². The Bertz CT molecular complexity index is 216. The van der Waals surface area contributed by atoms with E-state index in [2.05, 4.69) is 33.1 Å². The van der Waals surface area contributed by atoms with E-state index in [1.165, 1.54) is 11.1 Å². The van der Waals surface area contributed by atoms with Crippen molar-refractivity contribution in [1.82, 2.24) is 0 Å². The second kappa shape index (κ2) is 2.69. The first-order valence-corrected chi connectivity index (χ1v) is 4.04. The molecule has 0 nitrogen and oxygen atoms in total. The summed E-state index contributed by atoms with van der Waals surface area (Å²) in [6, 6.07) is 0. The van der Waals surface area contributed by atoms with Gasteiger partial charge in [-0.3, -0.25) is 0 Å². The molecule has 0 saturated heterocycles. The van der Waals surface area contributed by atoms with Crippen molar-refractivity contribution in [3.63, 3.8) is 0 Å². The predicted molar refractivity (Wildman–Crippen MR) is 50.4 cm³/mol. The first kappa shape index (κ1) is 8.32. The van der Waals surface area contributed by atoms with Crippen LogP contribution in [-0.4, -0.2) is 0 Å². The van der Waals surface area contributed by atoms with Crippen molar-refractivity contribution in [1.29, 1.82) is 0 Å². The summed E-state index contributed by atoms with van der Waals surface area (Å²) >= 11 is 0. The van der Waals surface area contributed by atoms with Crippen LogP contribution < -0.4 is 0 Å². The highest BCUT2D eigenvalue weighted by atomic mass is 14.3. The van der Waals surface area contributed by atoms with Crippen LogP contribution in [0.15, 0.2) is 36.5 Å². The average Bonchev–Trinajstić information content (AvgIpc) is 1.83. The minimum absolute atomic E-state index is 0.384. The van der Waals surface area contributed by atoms with E-state index in [-0.39, 0.29) is 0 Å². The number of hydrogen-bond donors (Lipinski definition) is 0. The zero-order valence-corrected chi connectivity index (χ0v) is 7.48. The Labute approximate surface area is 69.3 Å². The molecule has 1 aliphatic carbocycles. The summed E-state index contributed by atoms with van der Waals surface area (Å²) in [5, 5.41) is 0. The Morgan fingerprint density at radius 2 is 2.09 bits per heavy atom. The van der Waals surface area contributed by atoms with Crippen LogP contribution in [0.25, 0.3) is 0 Å². The Kier molecular flexibility index (Phi) is 2.03. The quantitative estimate of drug-likeness (QED) is 0.534. The Morgan fingerprint density at radius 1 is 1.45 bits per heavy atom. The number of allylic oxidation sites excluding steroid dienone is 4. The predicted octanol–water partition coefficient (Wildman–Crippen LogP) is 3.48. The molecule has 0 saturated carbocycles. The van der Waals surface area contributed by atoms with Gasteiger partial charge in [-0.1, -0.05) is 44.7 Å². The minimum Gasteiger partial charge on any atom is -0.0988 e. The molecule has 1 rings (SSSR count). The molecule has 0 fully saturated rings. The smallest absolute Gasteiger partial charge is 0.0224 e. The van der Waals surface area contributed by atoms with E-state index in [0.29, 0.717) is 5.41 Å². The van der Waals surface area contributed by atoms with Gasteiger partial charge >= 0.3 is 0 Å². The van der Waals surface area contributed by atoms with Crippen molar-refractivity contribution in [3.05, 3.63) is 36.5 Å². The second-order valence-corrected chi connectivity index (χ2v) is 4.10. The third-order valence-corrected chi connectivity index (χ3v) is 2.04. The highest BCUT2D eigenvalue weighted by Crippen LogP contribution is 2.37. The lowest BCUT2D eigenvalue weighted by molar-refractivity contribution is 0.355. The molecule has 1 aliphatic rings. The highest BCUT2D eigenvalue weighted by Gasteiger charge is 2.22. The largest absolute Gasteiger partial charge is 0.0988 e. The lowest BCUT2D eigenvalue weighted by atomic mass is 9.76. The monoisotopic (exact) mass is 148 g/mol. The third-order valence-electron chi connectivity index (χ3n) is 2.04. The molecule has 0 atom stereocenters. The number of hydrogen-bond acceptors (Lipinski definition) is 0. The van der Waals surface area contributed by atoms with Gasteiger partial charge in [0.25, 0.3) is 0 Å². The summed E-state index contributed by atoms with van der Waals surface area (Å²) < 4.78 is 0. The van der Waals surface area contributed by atoms with E-state index in [1.54, 1.807) is 0 Å². The van der Waals surface area contributed by atoms with E-state index in [9.17, 15) is 0 Å². The summed E-state index contributed by atoms with van der Waals surface area (Å²) in [7, 11) is 0. The zero-order chi connectivity index (χ0) is 8.48. The van der Waals surface area contributed by atoms with Gasteiger partial charge in [-0.15, -0.1) is 0 Å². The molecule has 0 amide bonds. The van der Waals surface area contributed by atoms with Gasteiger partial charge in [0, 0.05) is 0 Å². The Balaban J connectivity index is 2.86. The van der Waals surface area contributed by atoms with Crippen LogP contribution in [0.4, 0.5) is 0 Å². The highest BCUT2D eigenvalue weighted by molar-refractivity contribution is 5.32. The lowest BCUT2D eigenvalue weighted by Crippen LogP contribution is -2.16. The van der Waals surface area contributed by atoms with Crippen LogP contribution in [0.5, 0.6) is 0 Å². The van der Waals surface area contributed by atoms with Crippen molar-refractivity contribution in [2.75, 3.05) is 0 Å². The molecule has 0 aliphatic heterocycles. The van der Waals surface area contributed by atoms with Crippen molar-refractivity contribution >= 4 is 0 Å². The molecule has 0 heterocycles. The van der Waals surface area contributed by atoms with Crippen LogP contribution >= 0.6 is 0 Å². The van der Waals surface area contributed by atoms with E-state index in [4.69, 9.17) is 0 Å². The van der Waals surface area contributed by atoms with Crippen molar-refractivity contribution in [2.45, 2.75) is 26.7 Å². The molecule has 0 N–H and O–H groups in total. The van der Waals surface area contributed by atoms with Gasteiger partial charge in [0.1, 0.15) is 0 Å². The fraction of sp³-hybridized carbons (Fsp3) is 0.455. The van der Waals surface area contributed by atoms with Gasteiger partial charge in [0.2, 0.25) is 0 Å². The maximum absolute atomic E-state index is 3.98. The van der Waals surface area contributed by atoms with Gasteiger partial charge in [0.05, 0.1) is 0 Å². The molecule has 11 heavy (non-hydrogen) atoms. The average molecular weight is 148 g/mol. The number of rotatable bonds is 1. The molecule has 60 valence electrons. The molecular weight excluding hydrogens is 132 g/mol. The summed E-state index contributed by atoms with van der Waals surface area (Å²) in [5.41, 5.74) is 2.94. The van der Waals surface area contributed by atoms with E-state index in [0.717, 1.165) is 12.8 Å². The van der Waals surface area contributed by atoms with Crippen LogP contribution in [0, 0.1) is 5.41 Å². The minimum atomic E-state index is 0.384. The van der Waals surface area contributed by atoms with E-state index < -0.39 is 0 Å². The molecule has 0 bridgehead atoms. The summed E-state index contributed by atoms with van der Waals surface area (Å²) in [6.07, 6.45) is 6.34. The molecule has 0 spiro atoms. The maximum atomic E-state index is 3.98. The normalized spacial score (nSPS) is 22.7. The summed E-state index contributed by atoms with van der Waals surface area (Å²) in [5.74, 6) is 0. The summed E-state index contributed by atoms with van der Waals surface area (Å²) in [4.78, 5) is 0. The second-order valence-electron chi connectivity index (χ2n) is 4.10. The van der Waals surface area contributed by atoms with Crippen LogP contribution in [-0.2, 0) is 0 Å². The van der Waals surface area contributed by atoms with E-state index in [1.807, 2.05) is 6.08 Å². The van der Waals surface area contributed by atoms with Crippen molar-refractivity contribution < 1.29 is 0 Å². The first-order valence-electron chi connectivity index (χ1n) is 4.04. The fourth-order valence-electron chi connectivity index (χ4n) is 1.73. The molecule has 0 heteroatoms. The molecule has 0 aromatic carbocycles. The third kappa shape index (κ3) is 2.07. The van der Waals surface area contributed by atoms with Crippen molar-refractivity contribution in [2.24, 2.45) is 5.41 Å². The Hall–Kier alpha value is -0.780. The molecular formula is C11H16. The van der Waals surface area contributed by atoms with E-state index >= 15 is 0 Å². The van der Waals surface area contributed by atoms with Crippen LogP contribution in [0.3, 0.4) is 0 Å². The molecule has 0 unspecified atom stereocenters. The fourth-order valence-corrected chi connectivity index (χ4v) is 1.73. The summed E-state index contributed by atoms with van der Waals surface area (Å²) in [6.45, 7) is 12.3. The van der Waals surface area contributed by atoms with Gasteiger partial charge in [-0.2, -0.15) is 0 Å². The first-order chi connectivity index (χ1) is 5.03. The zero-order valence-electron chi connectivity index (χ0n) is 7.48. The molecule has 0 aromatic heterocycles. The molecule has 0 aromatic rings. The van der Waals surface area contributed by atoms with Gasteiger partial charge in [0.15, 0.2) is 0 Å². The van der Waals surface area contributed by atoms with Crippen molar-refractivity contribution in [3.8, 4) is 0 Å². The SMILES string of the molecule is C=CC1=CC(=C)CC(C)(C)C1. The van der Waals surface area contributed by atoms with Gasteiger partial charge < -0.3 is 0 Å². The standard InChI is InChI=1S/C11H16/c1-5-10-6-9(2)7-11(3,4)8-10/h5-6H,1-2,7-8H2,3-4H3. The van der Waals surface area contributed by atoms with Gasteiger partial charge in [-0.25, -0.2) is 0 Å². The van der Waals surface area contributed by atoms with Gasteiger partial charge in [-0.05, 0) is 23.8 Å². The molecule has 0 radical (unpaired) electrons.